The van der Waals surface area contributed by atoms with Crippen molar-refractivity contribution < 1.29 is 33.3 Å². The van der Waals surface area contributed by atoms with Crippen LogP contribution in [0.4, 0.5) is 0 Å². The second-order valence-corrected chi connectivity index (χ2v) is 11.9. The van der Waals surface area contributed by atoms with E-state index < -0.39 is 6.04 Å². The van der Waals surface area contributed by atoms with Gasteiger partial charge in [0.05, 0.1) is 32.4 Å². The molecule has 4 bridgehead atoms. The monoisotopic (exact) mass is 649 g/mol. The molecule has 3 aromatic carbocycles. The summed E-state index contributed by atoms with van der Waals surface area (Å²) in [6.45, 7) is 1.68. The quantitative estimate of drug-likeness (QED) is 0.380. The number of amides is 3. The number of halogens is 1. The molecule has 2 atom stereocenters. The standard InChI is InChI=1S/C35H40ClN3O7/c1-43-17-5-15-38-22-33(40)37-29-21-39(35(42)26-7-4-8-27(36)20-26)16-14-30(29)45-23-25-6-3-9-28(18-25)46-31-12-10-24(11-13-34(38)41)19-32(31)44-2/h3-4,6-10,12,18-20,29-30H,5,11,13-17,21-23H2,1-2H3,(H,37,40)/t29-,30+/m0/s1. The smallest absolute Gasteiger partial charge is 0.253 e. The van der Waals surface area contributed by atoms with Crippen LogP contribution in [0.25, 0.3) is 0 Å². The number of benzene rings is 3. The van der Waals surface area contributed by atoms with Gasteiger partial charge in [-0.2, -0.15) is 0 Å². The zero-order valence-corrected chi connectivity index (χ0v) is 27.0. The maximum absolute atomic E-state index is 13.5. The molecule has 3 aliphatic heterocycles. The van der Waals surface area contributed by atoms with Crippen LogP contribution in [0.15, 0.2) is 66.7 Å². The predicted octanol–water partition coefficient (Wildman–Crippen LogP) is 4.87. The molecule has 244 valence electrons. The van der Waals surface area contributed by atoms with Crippen LogP contribution in [0.1, 0.15) is 40.7 Å². The first kappa shape index (κ1) is 33.2. The van der Waals surface area contributed by atoms with Gasteiger partial charge in [0.1, 0.15) is 5.75 Å². The highest BCUT2D eigenvalue weighted by Crippen LogP contribution is 2.33. The number of piperidine rings is 1. The van der Waals surface area contributed by atoms with Crippen molar-refractivity contribution in [3.8, 4) is 17.2 Å². The highest BCUT2D eigenvalue weighted by molar-refractivity contribution is 6.30. The van der Waals surface area contributed by atoms with Crippen molar-refractivity contribution in [3.63, 3.8) is 0 Å². The first-order valence-corrected chi connectivity index (χ1v) is 15.9. The van der Waals surface area contributed by atoms with E-state index in [1.165, 1.54) is 0 Å². The molecule has 0 radical (unpaired) electrons. The fraction of sp³-hybridized carbons (Fsp3) is 0.400. The highest BCUT2D eigenvalue weighted by atomic mass is 35.5. The number of carbonyl (C=O) groups excluding carboxylic acids is 3. The van der Waals surface area contributed by atoms with E-state index in [9.17, 15) is 14.4 Å². The summed E-state index contributed by atoms with van der Waals surface area (Å²) in [6, 6.07) is 19.6. The maximum Gasteiger partial charge on any atom is 0.253 e. The van der Waals surface area contributed by atoms with E-state index in [0.717, 1.165) is 11.1 Å². The third-order valence-electron chi connectivity index (χ3n) is 8.16. The van der Waals surface area contributed by atoms with Crippen LogP contribution in [0.3, 0.4) is 0 Å². The lowest BCUT2D eigenvalue weighted by Gasteiger charge is -2.39. The number of rotatable bonds is 6. The van der Waals surface area contributed by atoms with E-state index in [4.69, 9.17) is 30.5 Å². The van der Waals surface area contributed by atoms with Gasteiger partial charge in [-0.3, -0.25) is 14.4 Å². The Morgan fingerprint density at radius 2 is 1.87 bits per heavy atom. The first-order chi connectivity index (χ1) is 22.3. The zero-order chi connectivity index (χ0) is 32.5. The highest BCUT2D eigenvalue weighted by Gasteiger charge is 2.34. The zero-order valence-electron chi connectivity index (χ0n) is 26.2. The molecule has 6 rings (SSSR count). The topological polar surface area (TPSA) is 107 Å². The largest absolute Gasteiger partial charge is 0.493 e. The molecule has 3 aliphatic rings. The summed E-state index contributed by atoms with van der Waals surface area (Å²) >= 11 is 6.16. The molecule has 1 N–H and O–H groups in total. The number of hydrogen-bond acceptors (Lipinski definition) is 7. The Kier molecular flexibility index (Phi) is 11.5. The average molecular weight is 650 g/mol. The Hall–Kier alpha value is -4.12. The Bertz CT molecular complexity index is 1530. The molecule has 1 fully saturated rings. The molecule has 11 heteroatoms. The van der Waals surface area contributed by atoms with E-state index >= 15 is 0 Å². The number of likely N-dealkylation sites (tertiary alicyclic amines) is 1. The molecule has 3 heterocycles. The van der Waals surface area contributed by atoms with Crippen molar-refractivity contribution in [3.05, 3.63) is 88.4 Å². The molecule has 46 heavy (non-hydrogen) atoms. The molecule has 3 aromatic rings. The molecule has 0 unspecified atom stereocenters. The van der Waals surface area contributed by atoms with Crippen molar-refractivity contribution in [1.29, 1.82) is 0 Å². The summed E-state index contributed by atoms with van der Waals surface area (Å²) in [5.74, 6) is 1.10. The number of carbonyl (C=O) groups is 3. The third kappa shape index (κ3) is 8.78. The SMILES string of the molecule is COCCCN1CC(=O)N[C@H]2CN(C(=O)c3cccc(Cl)c3)CC[C@H]2OCc2cccc(c2)Oc2ccc(cc2OC)CCC1=O. The Balaban J connectivity index is 1.41. The van der Waals surface area contributed by atoms with Gasteiger partial charge >= 0.3 is 0 Å². The molecule has 0 saturated carbocycles. The van der Waals surface area contributed by atoms with Gasteiger partial charge in [0.25, 0.3) is 5.91 Å². The third-order valence-corrected chi connectivity index (χ3v) is 8.40. The number of fused-ring (bicyclic) bond motifs is 9. The molecule has 0 aromatic heterocycles. The number of hydrogen-bond donors (Lipinski definition) is 1. The molecule has 3 amide bonds. The van der Waals surface area contributed by atoms with Crippen molar-refractivity contribution in [1.82, 2.24) is 15.1 Å². The summed E-state index contributed by atoms with van der Waals surface area (Å²) in [5.41, 5.74) is 2.28. The van der Waals surface area contributed by atoms with Gasteiger partial charge in [0.15, 0.2) is 11.5 Å². The summed E-state index contributed by atoms with van der Waals surface area (Å²) in [4.78, 5) is 43.6. The molecule has 0 spiro atoms. The summed E-state index contributed by atoms with van der Waals surface area (Å²) in [5, 5.41) is 3.56. The minimum Gasteiger partial charge on any atom is -0.493 e. The normalized spacial score (nSPS) is 19.3. The average Bonchev–Trinajstić information content (AvgIpc) is 3.06. The molecular weight excluding hydrogens is 610 g/mol. The molecular formula is C35H40ClN3O7. The Labute approximate surface area is 274 Å². The Morgan fingerprint density at radius 3 is 2.67 bits per heavy atom. The van der Waals surface area contributed by atoms with Gasteiger partial charge in [-0.15, -0.1) is 0 Å². The van der Waals surface area contributed by atoms with Crippen molar-refractivity contribution >= 4 is 29.3 Å². The van der Waals surface area contributed by atoms with Crippen LogP contribution < -0.4 is 14.8 Å². The maximum atomic E-state index is 13.5. The van der Waals surface area contributed by atoms with Crippen molar-refractivity contribution in [2.24, 2.45) is 0 Å². The molecule has 1 saturated heterocycles. The van der Waals surface area contributed by atoms with Gasteiger partial charge in [0, 0.05) is 50.4 Å². The van der Waals surface area contributed by atoms with Crippen molar-refractivity contribution in [2.75, 3.05) is 47.0 Å². The lowest BCUT2D eigenvalue weighted by molar-refractivity contribution is -0.137. The minimum atomic E-state index is -0.499. The summed E-state index contributed by atoms with van der Waals surface area (Å²) in [6.07, 6.45) is 1.40. The van der Waals surface area contributed by atoms with Crippen LogP contribution in [-0.2, 0) is 32.1 Å². The lowest BCUT2D eigenvalue weighted by Crippen LogP contribution is -2.58. The van der Waals surface area contributed by atoms with E-state index in [0.29, 0.717) is 66.8 Å². The molecule has 10 nitrogen and oxygen atoms in total. The van der Waals surface area contributed by atoms with Crippen LogP contribution in [0, 0.1) is 0 Å². The summed E-state index contributed by atoms with van der Waals surface area (Å²) < 4.78 is 23.4. The van der Waals surface area contributed by atoms with E-state index in [1.807, 2.05) is 42.5 Å². The van der Waals surface area contributed by atoms with Gasteiger partial charge in [-0.25, -0.2) is 0 Å². The van der Waals surface area contributed by atoms with Gasteiger partial charge in [-0.1, -0.05) is 35.9 Å². The van der Waals surface area contributed by atoms with Crippen molar-refractivity contribution in [2.45, 2.75) is 44.4 Å². The predicted molar refractivity (Wildman–Crippen MR) is 173 cm³/mol. The fourth-order valence-electron chi connectivity index (χ4n) is 5.76. The van der Waals surface area contributed by atoms with Gasteiger partial charge < -0.3 is 34.1 Å². The second kappa shape index (κ2) is 15.9. The number of methoxy groups -OCH3 is 2. The lowest BCUT2D eigenvalue weighted by atomic mass is 10.0. The summed E-state index contributed by atoms with van der Waals surface area (Å²) in [7, 11) is 3.18. The fourth-order valence-corrected chi connectivity index (χ4v) is 5.96. The van der Waals surface area contributed by atoms with Crippen LogP contribution in [-0.4, -0.2) is 86.7 Å². The van der Waals surface area contributed by atoms with Crippen LogP contribution >= 0.6 is 11.6 Å². The van der Waals surface area contributed by atoms with E-state index in [1.54, 1.807) is 48.3 Å². The van der Waals surface area contributed by atoms with Crippen LogP contribution in [0.5, 0.6) is 17.2 Å². The van der Waals surface area contributed by atoms with Gasteiger partial charge in [-0.05, 0) is 72.9 Å². The van der Waals surface area contributed by atoms with E-state index in [2.05, 4.69) is 5.32 Å². The number of nitrogens with one attached hydrogen (secondary N) is 1. The van der Waals surface area contributed by atoms with Crippen LogP contribution in [0.2, 0.25) is 5.02 Å². The first-order valence-electron chi connectivity index (χ1n) is 15.5. The van der Waals surface area contributed by atoms with Gasteiger partial charge in [0.2, 0.25) is 11.8 Å². The number of nitrogens with zero attached hydrogens (tertiary/aromatic N) is 2. The Morgan fingerprint density at radius 1 is 1.02 bits per heavy atom. The second-order valence-electron chi connectivity index (χ2n) is 11.5. The number of ether oxygens (including phenoxy) is 4. The molecule has 0 aliphatic carbocycles. The van der Waals surface area contributed by atoms with E-state index in [-0.39, 0.29) is 49.9 Å². The number of aryl methyl sites for hydroxylation is 1. The minimum absolute atomic E-state index is 0.119.